The van der Waals surface area contributed by atoms with Crippen molar-refractivity contribution in [3.8, 4) is 0 Å². The molecule has 1 aromatic heterocycles. The van der Waals surface area contributed by atoms with Crippen molar-refractivity contribution in [2.45, 2.75) is 59.1 Å². The van der Waals surface area contributed by atoms with Crippen LogP contribution < -0.4 is 0 Å². The molecular weight excluding hydrogens is 198 g/mol. The molecule has 2 rings (SSSR count). The van der Waals surface area contributed by atoms with E-state index in [1.54, 1.807) is 0 Å². The molecule has 0 bridgehead atoms. The van der Waals surface area contributed by atoms with Gasteiger partial charge in [-0.2, -0.15) is 0 Å². The SMILES string of the molecule is CC(C)(C)CCn1cc2c(c1)C(O)CCC2. The van der Waals surface area contributed by atoms with Gasteiger partial charge in [-0.15, -0.1) is 0 Å². The van der Waals surface area contributed by atoms with Gasteiger partial charge in [0, 0.05) is 24.5 Å². The second-order valence-electron chi connectivity index (χ2n) is 6.20. The zero-order valence-corrected chi connectivity index (χ0v) is 10.7. The van der Waals surface area contributed by atoms with Crippen molar-refractivity contribution in [1.82, 2.24) is 4.57 Å². The minimum Gasteiger partial charge on any atom is -0.388 e. The molecule has 0 spiro atoms. The summed E-state index contributed by atoms with van der Waals surface area (Å²) < 4.78 is 2.25. The molecule has 1 aliphatic rings. The van der Waals surface area contributed by atoms with Crippen LogP contribution in [0.5, 0.6) is 0 Å². The lowest BCUT2D eigenvalue weighted by molar-refractivity contribution is 0.157. The number of hydrogen-bond acceptors (Lipinski definition) is 1. The third kappa shape index (κ3) is 2.67. The molecule has 0 radical (unpaired) electrons. The van der Waals surface area contributed by atoms with Crippen LogP contribution in [-0.4, -0.2) is 9.67 Å². The van der Waals surface area contributed by atoms with Crippen LogP contribution in [0, 0.1) is 5.41 Å². The summed E-state index contributed by atoms with van der Waals surface area (Å²) in [5, 5.41) is 9.89. The van der Waals surface area contributed by atoms with Crippen LogP contribution in [0.15, 0.2) is 12.4 Å². The highest BCUT2D eigenvalue weighted by Gasteiger charge is 2.20. The Morgan fingerprint density at radius 3 is 2.75 bits per heavy atom. The first-order valence-corrected chi connectivity index (χ1v) is 6.32. The second kappa shape index (κ2) is 4.25. The van der Waals surface area contributed by atoms with E-state index in [2.05, 4.69) is 37.7 Å². The zero-order chi connectivity index (χ0) is 11.8. The lowest BCUT2D eigenvalue weighted by atomic mass is 9.92. The van der Waals surface area contributed by atoms with Crippen molar-refractivity contribution >= 4 is 0 Å². The number of aliphatic hydroxyl groups excluding tert-OH is 1. The third-order valence-corrected chi connectivity index (χ3v) is 3.40. The molecule has 1 aromatic rings. The number of rotatable bonds is 2. The molecule has 2 heteroatoms. The molecule has 16 heavy (non-hydrogen) atoms. The molecule has 1 unspecified atom stereocenters. The van der Waals surface area contributed by atoms with E-state index in [9.17, 15) is 5.11 Å². The minimum atomic E-state index is -0.223. The van der Waals surface area contributed by atoms with E-state index >= 15 is 0 Å². The molecule has 90 valence electrons. The summed E-state index contributed by atoms with van der Waals surface area (Å²) in [5.74, 6) is 0. The summed E-state index contributed by atoms with van der Waals surface area (Å²) in [6.45, 7) is 7.87. The standard InChI is InChI=1S/C14H23NO/c1-14(2,3)7-8-15-9-11-5-4-6-13(16)12(11)10-15/h9-10,13,16H,4-8H2,1-3H3. The van der Waals surface area contributed by atoms with E-state index in [4.69, 9.17) is 0 Å². The Morgan fingerprint density at radius 2 is 2.12 bits per heavy atom. The van der Waals surface area contributed by atoms with Gasteiger partial charge in [0.1, 0.15) is 0 Å². The van der Waals surface area contributed by atoms with Crippen molar-refractivity contribution in [2.24, 2.45) is 5.41 Å². The number of nitrogens with zero attached hydrogens (tertiary/aromatic N) is 1. The number of fused-ring (bicyclic) bond motifs is 1. The molecule has 1 heterocycles. The lowest BCUT2D eigenvalue weighted by Crippen LogP contribution is -2.09. The summed E-state index contributed by atoms with van der Waals surface area (Å²) in [7, 11) is 0. The van der Waals surface area contributed by atoms with Crippen LogP contribution in [0.3, 0.4) is 0 Å². The van der Waals surface area contributed by atoms with Gasteiger partial charge >= 0.3 is 0 Å². The molecule has 1 N–H and O–H groups in total. The Kier molecular flexibility index (Phi) is 3.11. The maximum Gasteiger partial charge on any atom is 0.0807 e. The summed E-state index contributed by atoms with van der Waals surface area (Å²) in [5.41, 5.74) is 2.90. The van der Waals surface area contributed by atoms with Crippen molar-refractivity contribution in [1.29, 1.82) is 0 Å². The van der Waals surface area contributed by atoms with Gasteiger partial charge < -0.3 is 9.67 Å². The average Bonchev–Trinajstić information content (AvgIpc) is 2.58. The monoisotopic (exact) mass is 221 g/mol. The molecule has 1 aliphatic carbocycles. The van der Waals surface area contributed by atoms with Crippen LogP contribution >= 0.6 is 0 Å². The molecule has 0 fully saturated rings. The Hall–Kier alpha value is -0.760. The Balaban J connectivity index is 2.07. The predicted molar refractivity (Wildman–Crippen MR) is 66.4 cm³/mol. The van der Waals surface area contributed by atoms with Gasteiger partial charge in [-0.25, -0.2) is 0 Å². The molecule has 0 amide bonds. The quantitative estimate of drug-likeness (QED) is 0.814. The van der Waals surface area contributed by atoms with E-state index in [1.165, 1.54) is 17.5 Å². The number of hydrogen-bond donors (Lipinski definition) is 1. The van der Waals surface area contributed by atoms with Gasteiger partial charge in [0.15, 0.2) is 0 Å². The minimum absolute atomic E-state index is 0.223. The fraction of sp³-hybridized carbons (Fsp3) is 0.714. The average molecular weight is 221 g/mol. The molecule has 0 aromatic carbocycles. The van der Waals surface area contributed by atoms with Gasteiger partial charge in [0.25, 0.3) is 0 Å². The Labute approximate surface area is 98.3 Å². The molecule has 2 nitrogen and oxygen atoms in total. The highest BCUT2D eigenvalue weighted by molar-refractivity contribution is 5.28. The van der Waals surface area contributed by atoms with E-state index in [-0.39, 0.29) is 6.10 Å². The first-order valence-electron chi connectivity index (χ1n) is 6.32. The van der Waals surface area contributed by atoms with E-state index in [0.717, 1.165) is 25.8 Å². The highest BCUT2D eigenvalue weighted by atomic mass is 16.3. The lowest BCUT2D eigenvalue weighted by Gasteiger charge is -2.18. The smallest absolute Gasteiger partial charge is 0.0807 e. The number of aromatic nitrogens is 1. The van der Waals surface area contributed by atoms with E-state index < -0.39 is 0 Å². The molecule has 1 atom stereocenters. The summed E-state index contributed by atoms with van der Waals surface area (Å²) >= 11 is 0. The van der Waals surface area contributed by atoms with Crippen LogP contribution in [-0.2, 0) is 13.0 Å². The van der Waals surface area contributed by atoms with Crippen molar-refractivity contribution in [3.63, 3.8) is 0 Å². The van der Waals surface area contributed by atoms with Crippen molar-refractivity contribution in [2.75, 3.05) is 0 Å². The van der Waals surface area contributed by atoms with Gasteiger partial charge in [-0.3, -0.25) is 0 Å². The van der Waals surface area contributed by atoms with Crippen molar-refractivity contribution in [3.05, 3.63) is 23.5 Å². The van der Waals surface area contributed by atoms with Gasteiger partial charge in [-0.1, -0.05) is 20.8 Å². The maximum absolute atomic E-state index is 9.89. The fourth-order valence-corrected chi connectivity index (χ4v) is 2.32. The molecular formula is C14H23NO. The zero-order valence-electron chi connectivity index (χ0n) is 10.7. The highest BCUT2D eigenvalue weighted by Crippen LogP contribution is 2.30. The summed E-state index contributed by atoms with van der Waals surface area (Å²) in [4.78, 5) is 0. The van der Waals surface area contributed by atoms with Crippen LogP contribution in [0.25, 0.3) is 0 Å². The second-order valence-corrected chi connectivity index (χ2v) is 6.20. The van der Waals surface area contributed by atoms with E-state index in [0.29, 0.717) is 5.41 Å². The number of aliphatic hydroxyl groups is 1. The fourth-order valence-electron chi connectivity index (χ4n) is 2.32. The topological polar surface area (TPSA) is 25.2 Å². The summed E-state index contributed by atoms with van der Waals surface area (Å²) in [6.07, 6.45) is 8.51. The first-order chi connectivity index (χ1) is 7.46. The third-order valence-electron chi connectivity index (χ3n) is 3.40. The Bertz CT molecular complexity index is 359. The summed E-state index contributed by atoms with van der Waals surface area (Å²) in [6, 6.07) is 0. The Morgan fingerprint density at radius 1 is 1.38 bits per heavy atom. The molecule has 0 saturated carbocycles. The van der Waals surface area contributed by atoms with Crippen LogP contribution in [0.4, 0.5) is 0 Å². The van der Waals surface area contributed by atoms with Gasteiger partial charge in [-0.05, 0) is 36.7 Å². The van der Waals surface area contributed by atoms with Crippen LogP contribution in [0.2, 0.25) is 0 Å². The normalized spacial score (nSPS) is 20.9. The van der Waals surface area contributed by atoms with Crippen LogP contribution in [0.1, 0.15) is 57.3 Å². The largest absolute Gasteiger partial charge is 0.388 e. The molecule has 0 saturated heterocycles. The van der Waals surface area contributed by atoms with Crippen molar-refractivity contribution < 1.29 is 5.11 Å². The van der Waals surface area contributed by atoms with Gasteiger partial charge in [0.2, 0.25) is 0 Å². The molecule has 0 aliphatic heterocycles. The van der Waals surface area contributed by atoms with Gasteiger partial charge in [0.05, 0.1) is 6.10 Å². The van der Waals surface area contributed by atoms with E-state index in [1.807, 2.05) is 0 Å². The maximum atomic E-state index is 9.89. The first kappa shape index (κ1) is 11.7. The number of aryl methyl sites for hydroxylation is 2. The predicted octanol–water partition coefficient (Wildman–Crippen LogP) is 3.29.